The molecule has 0 amide bonds. The SMILES string of the molecule is CCCCCCCC/C=C\C/C=C\C/C=C\CCCC(=O)OC[C@H](COP(=O)(O)O[C@H]1C(O)C(O)C(O)[C@@H](OP(=O)(O)O)C1O)OC(=O)CCCCCCCCCCCCCCC. The van der Waals surface area contributed by atoms with E-state index in [9.17, 15) is 44.0 Å². The fourth-order valence-corrected chi connectivity index (χ4v) is 8.58. The van der Waals surface area contributed by atoms with Gasteiger partial charge in [0.2, 0.25) is 0 Å². The second kappa shape index (κ2) is 36.4. The highest BCUT2D eigenvalue weighted by molar-refractivity contribution is 7.47. The predicted molar refractivity (Wildman–Crippen MR) is 241 cm³/mol. The molecule has 63 heavy (non-hydrogen) atoms. The molecule has 1 aliphatic rings. The van der Waals surface area contributed by atoms with Crippen molar-refractivity contribution >= 4 is 27.6 Å². The van der Waals surface area contributed by atoms with Crippen LogP contribution in [0.3, 0.4) is 0 Å². The summed E-state index contributed by atoms with van der Waals surface area (Å²) in [6, 6.07) is 0. The number of ether oxygens (including phenoxy) is 2. The van der Waals surface area contributed by atoms with Crippen molar-refractivity contribution in [1.82, 2.24) is 0 Å². The van der Waals surface area contributed by atoms with Crippen LogP contribution in [0.25, 0.3) is 0 Å². The molecule has 16 nitrogen and oxygen atoms in total. The van der Waals surface area contributed by atoms with E-state index in [1.54, 1.807) is 0 Å². The summed E-state index contributed by atoms with van der Waals surface area (Å²) in [6.45, 7) is 3.06. The molecular weight excluding hydrogens is 858 g/mol. The van der Waals surface area contributed by atoms with Gasteiger partial charge in [-0.2, -0.15) is 0 Å². The first-order valence-corrected chi connectivity index (χ1v) is 26.6. The number of allylic oxidation sites excluding steroid dienone is 6. The zero-order valence-electron chi connectivity index (χ0n) is 38.0. The van der Waals surface area contributed by atoms with Crippen molar-refractivity contribution in [2.75, 3.05) is 13.2 Å². The first kappa shape index (κ1) is 59.2. The van der Waals surface area contributed by atoms with Gasteiger partial charge in [0.05, 0.1) is 6.61 Å². The molecule has 18 heteroatoms. The Labute approximate surface area is 376 Å². The number of unbranched alkanes of at least 4 members (excludes halogenated alkanes) is 19. The molecule has 0 spiro atoms. The summed E-state index contributed by atoms with van der Waals surface area (Å²) in [7, 11) is -10.7. The van der Waals surface area contributed by atoms with Crippen molar-refractivity contribution in [3.63, 3.8) is 0 Å². The molecule has 0 aliphatic heterocycles. The highest BCUT2D eigenvalue weighted by atomic mass is 31.2. The number of carbonyl (C=O) groups is 2. The summed E-state index contributed by atoms with van der Waals surface area (Å²) in [5.41, 5.74) is 0. The number of phosphoric ester groups is 2. The maximum Gasteiger partial charge on any atom is 0.472 e. The third-order valence-electron chi connectivity index (χ3n) is 10.7. The molecule has 1 fully saturated rings. The Kier molecular flexibility index (Phi) is 34.2. The maximum atomic E-state index is 13.0. The summed E-state index contributed by atoms with van der Waals surface area (Å²) in [5.74, 6) is -1.26. The summed E-state index contributed by atoms with van der Waals surface area (Å²) in [4.78, 5) is 54.2. The fourth-order valence-electron chi connectivity index (χ4n) is 7.04. The van der Waals surface area contributed by atoms with Crippen LogP contribution in [0.4, 0.5) is 0 Å². The van der Waals surface area contributed by atoms with Crippen molar-refractivity contribution < 1.29 is 76.9 Å². The number of phosphoric acid groups is 2. The molecule has 0 aromatic heterocycles. The van der Waals surface area contributed by atoms with Crippen LogP contribution in [0, 0.1) is 0 Å². The minimum absolute atomic E-state index is 0.0363. The highest BCUT2D eigenvalue weighted by Crippen LogP contribution is 2.49. The summed E-state index contributed by atoms with van der Waals surface area (Å²) in [6.07, 6.45) is 24.0. The molecular formula is C45H82O16P2. The van der Waals surface area contributed by atoms with Crippen molar-refractivity contribution in [2.24, 2.45) is 0 Å². The van der Waals surface area contributed by atoms with E-state index < -0.39 is 83.5 Å². The molecule has 0 heterocycles. The Morgan fingerprint density at radius 3 is 1.44 bits per heavy atom. The van der Waals surface area contributed by atoms with Crippen LogP contribution in [-0.4, -0.2) is 103 Å². The number of hydrogen-bond acceptors (Lipinski definition) is 13. The number of aliphatic hydroxyl groups is 4. The van der Waals surface area contributed by atoms with Crippen molar-refractivity contribution in [3.05, 3.63) is 36.5 Å². The molecule has 0 saturated heterocycles. The van der Waals surface area contributed by atoms with Crippen LogP contribution in [0.15, 0.2) is 36.5 Å². The van der Waals surface area contributed by atoms with Gasteiger partial charge < -0.3 is 44.6 Å². The number of hydrogen-bond donors (Lipinski definition) is 7. The zero-order valence-corrected chi connectivity index (χ0v) is 39.8. The van der Waals surface area contributed by atoms with E-state index in [1.165, 1.54) is 89.9 Å². The standard InChI is InChI=1S/C45H82O16P2/c1-3-5-7-9-11-13-15-17-18-19-20-22-23-25-27-29-31-33-38(46)57-35-37(59-39(47)34-32-30-28-26-24-21-16-14-12-10-8-6-4-2)36-58-63(55,56)61-45-42(50)40(48)41(49)44(43(45)51)60-62(52,53)54/h17-18,20,22,25,27,37,40-45,48-51H,3-16,19,21,23-24,26,28-36H2,1-2H3,(H,55,56)(H2,52,53,54)/b18-17-,22-20-,27-25-/t37-,40?,41?,42?,43?,44-,45+/m1/s1. The van der Waals surface area contributed by atoms with Gasteiger partial charge >= 0.3 is 27.6 Å². The lowest BCUT2D eigenvalue weighted by molar-refractivity contribution is -0.216. The topological polar surface area (TPSA) is 256 Å². The quantitative estimate of drug-likeness (QED) is 0.0132. The lowest BCUT2D eigenvalue weighted by atomic mass is 9.85. The van der Waals surface area contributed by atoms with Gasteiger partial charge in [-0.1, -0.05) is 159 Å². The van der Waals surface area contributed by atoms with Crippen LogP contribution < -0.4 is 0 Å². The van der Waals surface area contributed by atoms with Gasteiger partial charge in [0.1, 0.15) is 43.2 Å². The number of rotatable bonds is 39. The van der Waals surface area contributed by atoms with E-state index in [2.05, 4.69) is 42.7 Å². The van der Waals surface area contributed by atoms with Crippen LogP contribution in [0.1, 0.15) is 181 Å². The van der Waals surface area contributed by atoms with Crippen LogP contribution in [0.2, 0.25) is 0 Å². The maximum absolute atomic E-state index is 13.0. The van der Waals surface area contributed by atoms with E-state index in [0.29, 0.717) is 19.3 Å². The van der Waals surface area contributed by atoms with E-state index in [0.717, 1.165) is 44.9 Å². The third kappa shape index (κ3) is 30.9. The number of aliphatic hydroxyl groups excluding tert-OH is 4. The van der Waals surface area contributed by atoms with Crippen LogP contribution >= 0.6 is 15.6 Å². The van der Waals surface area contributed by atoms with Gasteiger partial charge in [-0.15, -0.1) is 0 Å². The fraction of sp³-hybridized carbons (Fsp3) is 0.822. The average Bonchev–Trinajstić information content (AvgIpc) is 3.23. The first-order chi connectivity index (χ1) is 30.1. The molecule has 0 aromatic rings. The second-order valence-electron chi connectivity index (χ2n) is 16.5. The molecule has 1 rings (SSSR count). The monoisotopic (exact) mass is 941 g/mol. The van der Waals surface area contributed by atoms with E-state index in [1.807, 2.05) is 12.2 Å². The Balaban J connectivity index is 2.63. The number of esters is 2. The van der Waals surface area contributed by atoms with Crippen molar-refractivity contribution in [1.29, 1.82) is 0 Å². The normalized spacial score (nSPS) is 22.2. The van der Waals surface area contributed by atoms with Gasteiger partial charge in [-0.25, -0.2) is 9.13 Å². The first-order valence-electron chi connectivity index (χ1n) is 23.5. The van der Waals surface area contributed by atoms with E-state index in [-0.39, 0.29) is 12.8 Å². The van der Waals surface area contributed by atoms with Gasteiger partial charge in [0.15, 0.2) is 6.10 Å². The lowest BCUT2D eigenvalue weighted by Crippen LogP contribution is -2.64. The van der Waals surface area contributed by atoms with Gasteiger partial charge in [-0.05, 0) is 44.9 Å². The average molecular weight is 941 g/mol. The van der Waals surface area contributed by atoms with Crippen molar-refractivity contribution in [3.8, 4) is 0 Å². The minimum Gasteiger partial charge on any atom is -0.462 e. The van der Waals surface area contributed by atoms with Gasteiger partial charge in [0, 0.05) is 12.8 Å². The van der Waals surface area contributed by atoms with E-state index in [4.69, 9.17) is 28.3 Å². The van der Waals surface area contributed by atoms with Gasteiger partial charge in [-0.3, -0.25) is 23.2 Å². The molecule has 0 radical (unpaired) electrons. The Morgan fingerprint density at radius 1 is 0.508 bits per heavy atom. The Bertz CT molecular complexity index is 1370. The molecule has 0 bridgehead atoms. The summed E-state index contributed by atoms with van der Waals surface area (Å²) in [5, 5.41) is 41.2. The molecule has 8 atom stereocenters. The molecule has 5 unspecified atom stereocenters. The Hall–Kier alpha value is -1.78. The molecule has 1 aliphatic carbocycles. The largest absolute Gasteiger partial charge is 0.472 e. The van der Waals surface area contributed by atoms with Crippen molar-refractivity contribution in [2.45, 2.75) is 224 Å². The molecule has 0 aromatic carbocycles. The zero-order chi connectivity index (χ0) is 46.8. The molecule has 7 N–H and O–H groups in total. The predicted octanol–water partition coefficient (Wildman–Crippen LogP) is 8.73. The smallest absolute Gasteiger partial charge is 0.462 e. The van der Waals surface area contributed by atoms with Gasteiger partial charge in [0.25, 0.3) is 0 Å². The second-order valence-corrected chi connectivity index (χ2v) is 19.1. The molecule has 1 saturated carbocycles. The van der Waals surface area contributed by atoms with Crippen LogP contribution in [0.5, 0.6) is 0 Å². The summed E-state index contributed by atoms with van der Waals surface area (Å²) >= 11 is 0. The highest BCUT2D eigenvalue weighted by Gasteiger charge is 2.54. The van der Waals surface area contributed by atoms with E-state index >= 15 is 0 Å². The minimum atomic E-state index is -5.37. The Morgan fingerprint density at radius 2 is 0.937 bits per heavy atom. The van der Waals surface area contributed by atoms with Crippen LogP contribution in [-0.2, 0) is 41.8 Å². The third-order valence-corrected chi connectivity index (χ3v) is 12.2. The summed E-state index contributed by atoms with van der Waals surface area (Å²) < 4.78 is 49.3. The lowest BCUT2D eigenvalue weighted by Gasteiger charge is -2.43. The molecule has 368 valence electrons. The number of carbonyl (C=O) groups excluding carboxylic acids is 2.